The predicted octanol–water partition coefficient (Wildman–Crippen LogP) is 2.77. The molecule has 1 heterocycles. The van der Waals surface area contributed by atoms with Gasteiger partial charge in [-0.05, 0) is 39.3 Å². The van der Waals surface area contributed by atoms with Crippen LogP contribution in [0.15, 0.2) is 34.7 Å². The molecule has 0 saturated carbocycles. The van der Waals surface area contributed by atoms with Crippen molar-refractivity contribution in [1.29, 1.82) is 0 Å². The summed E-state index contributed by atoms with van der Waals surface area (Å²) in [5.74, 6) is 1.32. The Labute approximate surface area is 131 Å². The highest BCUT2D eigenvalue weighted by Crippen LogP contribution is 2.26. The lowest BCUT2D eigenvalue weighted by Crippen LogP contribution is -2.39. The van der Waals surface area contributed by atoms with Crippen LogP contribution in [0.1, 0.15) is 35.1 Å². The van der Waals surface area contributed by atoms with E-state index in [4.69, 9.17) is 4.42 Å². The molecule has 0 saturated heterocycles. The molecule has 1 amide bonds. The van der Waals surface area contributed by atoms with Gasteiger partial charge in [-0.1, -0.05) is 29.8 Å². The molecule has 2 rings (SSSR count). The van der Waals surface area contributed by atoms with E-state index in [1.54, 1.807) is 6.92 Å². The average molecular weight is 301 g/mol. The highest BCUT2D eigenvalue weighted by Gasteiger charge is 2.28. The van der Waals surface area contributed by atoms with Gasteiger partial charge in [0.15, 0.2) is 0 Å². The maximum absolute atomic E-state index is 12.0. The number of carbonyl (C=O) groups excluding carboxylic acids is 1. The quantitative estimate of drug-likeness (QED) is 0.892. The van der Waals surface area contributed by atoms with E-state index in [9.17, 15) is 9.90 Å². The lowest BCUT2D eigenvalue weighted by Gasteiger charge is -2.23. The van der Waals surface area contributed by atoms with E-state index in [1.807, 2.05) is 51.1 Å². The fraction of sp³-hybridized carbons (Fsp3) is 0.389. The third-order valence-electron chi connectivity index (χ3n) is 3.70. The SMILES string of the molecule is Cc1cccc(CC(=O)NCC(C)(O)c2cc(C)oc2C)c1. The van der Waals surface area contributed by atoms with Crippen LogP contribution >= 0.6 is 0 Å². The summed E-state index contributed by atoms with van der Waals surface area (Å²) in [6, 6.07) is 9.65. The number of rotatable bonds is 5. The predicted molar refractivity (Wildman–Crippen MR) is 85.6 cm³/mol. The monoisotopic (exact) mass is 301 g/mol. The van der Waals surface area contributed by atoms with Crippen LogP contribution in [0.4, 0.5) is 0 Å². The maximum Gasteiger partial charge on any atom is 0.224 e. The summed E-state index contributed by atoms with van der Waals surface area (Å²) in [5.41, 5.74) is 1.65. The van der Waals surface area contributed by atoms with Gasteiger partial charge in [-0.15, -0.1) is 0 Å². The molecule has 0 spiro atoms. The van der Waals surface area contributed by atoms with E-state index in [1.165, 1.54) is 0 Å². The molecule has 0 fully saturated rings. The molecule has 0 aliphatic carbocycles. The third-order valence-corrected chi connectivity index (χ3v) is 3.70. The van der Waals surface area contributed by atoms with Gasteiger partial charge in [0.2, 0.25) is 5.91 Å². The number of nitrogens with one attached hydrogen (secondary N) is 1. The minimum absolute atomic E-state index is 0.108. The van der Waals surface area contributed by atoms with Gasteiger partial charge in [-0.2, -0.15) is 0 Å². The fourth-order valence-corrected chi connectivity index (χ4v) is 2.60. The summed E-state index contributed by atoms with van der Waals surface area (Å²) in [4.78, 5) is 12.0. The second-order valence-electron chi connectivity index (χ2n) is 6.04. The van der Waals surface area contributed by atoms with E-state index >= 15 is 0 Å². The number of benzene rings is 1. The molecule has 22 heavy (non-hydrogen) atoms. The van der Waals surface area contributed by atoms with Crippen LogP contribution in [-0.4, -0.2) is 17.6 Å². The smallest absolute Gasteiger partial charge is 0.224 e. The Morgan fingerprint density at radius 3 is 2.59 bits per heavy atom. The zero-order valence-corrected chi connectivity index (χ0v) is 13.6. The van der Waals surface area contributed by atoms with Crippen molar-refractivity contribution < 1.29 is 14.3 Å². The Morgan fingerprint density at radius 2 is 2.00 bits per heavy atom. The van der Waals surface area contributed by atoms with Crippen molar-refractivity contribution in [3.05, 3.63) is 58.5 Å². The van der Waals surface area contributed by atoms with Crippen LogP contribution in [0.3, 0.4) is 0 Å². The largest absolute Gasteiger partial charge is 0.466 e. The molecule has 0 radical (unpaired) electrons. The lowest BCUT2D eigenvalue weighted by molar-refractivity contribution is -0.121. The number of amides is 1. The third kappa shape index (κ3) is 3.98. The molecular weight excluding hydrogens is 278 g/mol. The molecule has 1 atom stereocenters. The number of aliphatic hydroxyl groups is 1. The van der Waals surface area contributed by atoms with Gasteiger partial charge >= 0.3 is 0 Å². The average Bonchev–Trinajstić information content (AvgIpc) is 2.76. The topological polar surface area (TPSA) is 62.5 Å². The highest BCUT2D eigenvalue weighted by molar-refractivity contribution is 5.78. The van der Waals surface area contributed by atoms with Crippen LogP contribution in [0.25, 0.3) is 0 Å². The van der Waals surface area contributed by atoms with Gasteiger partial charge in [-0.3, -0.25) is 4.79 Å². The van der Waals surface area contributed by atoms with Crippen molar-refractivity contribution in [2.75, 3.05) is 6.54 Å². The summed E-state index contributed by atoms with van der Waals surface area (Å²) in [5, 5.41) is 13.4. The van der Waals surface area contributed by atoms with Crippen molar-refractivity contribution >= 4 is 5.91 Å². The second kappa shape index (κ2) is 6.36. The Morgan fingerprint density at radius 1 is 1.27 bits per heavy atom. The van der Waals surface area contributed by atoms with Crippen LogP contribution in [0, 0.1) is 20.8 Å². The van der Waals surface area contributed by atoms with Crippen molar-refractivity contribution in [2.24, 2.45) is 0 Å². The Balaban J connectivity index is 1.96. The first-order valence-corrected chi connectivity index (χ1v) is 7.40. The first-order chi connectivity index (χ1) is 10.3. The van der Waals surface area contributed by atoms with Gasteiger partial charge in [-0.25, -0.2) is 0 Å². The normalized spacial score (nSPS) is 13.7. The summed E-state index contributed by atoms with van der Waals surface area (Å²) in [7, 11) is 0. The van der Waals surface area contributed by atoms with E-state index < -0.39 is 5.60 Å². The van der Waals surface area contributed by atoms with E-state index in [0.717, 1.165) is 16.9 Å². The fourth-order valence-electron chi connectivity index (χ4n) is 2.60. The van der Waals surface area contributed by atoms with Gasteiger partial charge in [0.1, 0.15) is 17.1 Å². The maximum atomic E-state index is 12.0. The van der Waals surface area contributed by atoms with Crippen LogP contribution in [0.2, 0.25) is 0 Å². The molecule has 0 aliphatic rings. The van der Waals surface area contributed by atoms with Crippen LogP contribution < -0.4 is 5.32 Å². The van der Waals surface area contributed by atoms with E-state index in [0.29, 0.717) is 17.7 Å². The molecule has 2 aromatic rings. The highest BCUT2D eigenvalue weighted by atomic mass is 16.3. The molecule has 2 N–H and O–H groups in total. The zero-order chi connectivity index (χ0) is 16.3. The first kappa shape index (κ1) is 16.3. The van der Waals surface area contributed by atoms with Gasteiger partial charge in [0.05, 0.1) is 13.0 Å². The van der Waals surface area contributed by atoms with Crippen molar-refractivity contribution in [3.8, 4) is 0 Å². The summed E-state index contributed by atoms with van der Waals surface area (Å²) in [6.45, 7) is 7.47. The molecule has 4 heteroatoms. The Bertz CT molecular complexity index is 671. The Hall–Kier alpha value is -2.07. The molecule has 0 aliphatic heterocycles. The zero-order valence-electron chi connectivity index (χ0n) is 13.6. The molecule has 1 aromatic carbocycles. The van der Waals surface area contributed by atoms with Crippen LogP contribution in [0.5, 0.6) is 0 Å². The van der Waals surface area contributed by atoms with E-state index in [2.05, 4.69) is 5.32 Å². The molecule has 1 unspecified atom stereocenters. The number of aryl methyl sites for hydroxylation is 3. The number of carbonyl (C=O) groups is 1. The lowest BCUT2D eigenvalue weighted by atomic mass is 9.96. The molecule has 0 bridgehead atoms. The van der Waals surface area contributed by atoms with Crippen LogP contribution in [-0.2, 0) is 16.8 Å². The number of furan rings is 1. The van der Waals surface area contributed by atoms with E-state index in [-0.39, 0.29) is 12.5 Å². The molecule has 4 nitrogen and oxygen atoms in total. The van der Waals surface area contributed by atoms with Gasteiger partial charge < -0.3 is 14.8 Å². The summed E-state index contributed by atoms with van der Waals surface area (Å²) >= 11 is 0. The summed E-state index contributed by atoms with van der Waals surface area (Å²) < 4.78 is 5.44. The Kier molecular flexibility index (Phi) is 4.71. The molecular formula is C18H23NO3. The van der Waals surface area contributed by atoms with Crippen molar-refractivity contribution in [2.45, 2.75) is 39.7 Å². The van der Waals surface area contributed by atoms with Gasteiger partial charge in [0.25, 0.3) is 0 Å². The van der Waals surface area contributed by atoms with Gasteiger partial charge in [0, 0.05) is 5.56 Å². The standard InChI is InChI=1S/C18H23NO3/c1-12-6-5-7-15(8-12)10-17(20)19-11-18(4,21)16-9-13(2)22-14(16)3/h5-9,21H,10-11H2,1-4H3,(H,19,20). The second-order valence-corrected chi connectivity index (χ2v) is 6.04. The first-order valence-electron chi connectivity index (χ1n) is 7.40. The number of hydrogen-bond acceptors (Lipinski definition) is 3. The minimum Gasteiger partial charge on any atom is -0.466 e. The minimum atomic E-state index is -1.15. The molecule has 118 valence electrons. The number of hydrogen-bond donors (Lipinski definition) is 2. The molecule has 1 aromatic heterocycles. The summed E-state index contributed by atoms with van der Waals surface area (Å²) in [6.07, 6.45) is 0.307. The van der Waals surface area contributed by atoms with Crippen molar-refractivity contribution in [1.82, 2.24) is 5.32 Å². The van der Waals surface area contributed by atoms with Crippen molar-refractivity contribution in [3.63, 3.8) is 0 Å².